The summed E-state index contributed by atoms with van der Waals surface area (Å²) in [7, 11) is -2.58. The first-order valence-electron chi connectivity index (χ1n) is 6.89. The number of rotatable bonds is 6. The first-order chi connectivity index (χ1) is 11.3. The van der Waals surface area contributed by atoms with Crippen molar-refractivity contribution in [3.05, 3.63) is 64.2 Å². The van der Waals surface area contributed by atoms with Crippen molar-refractivity contribution in [2.24, 2.45) is 0 Å². The molecule has 0 saturated carbocycles. The van der Waals surface area contributed by atoms with Gasteiger partial charge in [0, 0.05) is 18.8 Å². The lowest BCUT2D eigenvalue weighted by atomic mass is 10.1. The molecule has 2 N–H and O–H groups in total. The molecule has 0 bridgehead atoms. The van der Waals surface area contributed by atoms with Crippen molar-refractivity contribution >= 4 is 27.3 Å². The Labute approximate surface area is 138 Å². The lowest BCUT2D eigenvalue weighted by Crippen LogP contribution is -2.20. The lowest BCUT2D eigenvalue weighted by Gasteiger charge is -2.09. The summed E-state index contributed by atoms with van der Waals surface area (Å²) in [6, 6.07) is 11.3. The maximum absolute atomic E-state index is 12.4. The first kappa shape index (κ1) is 17.4. The monoisotopic (exact) mass is 349 g/mol. The predicted molar refractivity (Wildman–Crippen MR) is 88.1 cm³/mol. The van der Waals surface area contributed by atoms with E-state index in [0.717, 1.165) is 6.07 Å². The first-order valence-corrected chi connectivity index (χ1v) is 8.37. The van der Waals surface area contributed by atoms with E-state index in [2.05, 4.69) is 10.0 Å². The van der Waals surface area contributed by atoms with Gasteiger partial charge in [-0.2, -0.15) is 0 Å². The Morgan fingerprint density at radius 3 is 2.33 bits per heavy atom. The Kier molecular flexibility index (Phi) is 5.14. The van der Waals surface area contributed by atoms with Gasteiger partial charge in [0.1, 0.15) is 0 Å². The van der Waals surface area contributed by atoms with Crippen molar-refractivity contribution in [2.45, 2.75) is 11.3 Å². The molecule has 0 aliphatic heterocycles. The number of carbonyl (C=O) groups excluding carboxylic acids is 1. The van der Waals surface area contributed by atoms with E-state index < -0.39 is 25.5 Å². The summed E-state index contributed by atoms with van der Waals surface area (Å²) < 4.78 is 27.0. The molecule has 0 atom stereocenters. The second-order valence-corrected chi connectivity index (χ2v) is 6.53. The molecule has 0 aliphatic rings. The molecular formula is C15H15N3O5S. The van der Waals surface area contributed by atoms with Crippen molar-refractivity contribution in [1.29, 1.82) is 0 Å². The van der Waals surface area contributed by atoms with Crippen LogP contribution in [0.2, 0.25) is 0 Å². The molecule has 2 rings (SSSR count). The van der Waals surface area contributed by atoms with Crippen LogP contribution in [-0.2, 0) is 21.2 Å². The number of benzene rings is 2. The summed E-state index contributed by atoms with van der Waals surface area (Å²) in [5.41, 5.74) is 0.457. The summed E-state index contributed by atoms with van der Waals surface area (Å²) in [5.74, 6) is -0.164. The molecule has 2 aromatic carbocycles. The van der Waals surface area contributed by atoms with E-state index in [1.54, 1.807) is 12.1 Å². The zero-order valence-corrected chi connectivity index (χ0v) is 13.5. The molecule has 0 aromatic heterocycles. The van der Waals surface area contributed by atoms with Gasteiger partial charge >= 0.3 is 0 Å². The average molecular weight is 349 g/mol. The van der Waals surface area contributed by atoms with Gasteiger partial charge < -0.3 is 5.32 Å². The van der Waals surface area contributed by atoms with Crippen LogP contribution in [0, 0.1) is 10.1 Å². The van der Waals surface area contributed by atoms with Gasteiger partial charge in [0.15, 0.2) is 4.90 Å². The van der Waals surface area contributed by atoms with Gasteiger partial charge in [-0.25, -0.2) is 8.42 Å². The minimum Gasteiger partial charge on any atom is -0.359 e. The number of carbonyl (C=O) groups is 1. The van der Waals surface area contributed by atoms with E-state index in [9.17, 15) is 23.3 Å². The van der Waals surface area contributed by atoms with Gasteiger partial charge in [0.05, 0.1) is 11.3 Å². The van der Waals surface area contributed by atoms with Crippen LogP contribution in [0.3, 0.4) is 0 Å². The number of anilines is 1. The Balaban J connectivity index is 2.24. The van der Waals surface area contributed by atoms with Gasteiger partial charge in [0.2, 0.25) is 5.91 Å². The number of sulfonamides is 1. The highest BCUT2D eigenvalue weighted by Crippen LogP contribution is 2.25. The Morgan fingerprint density at radius 2 is 1.75 bits per heavy atom. The largest absolute Gasteiger partial charge is 0.359 e. The molecule has 126 valence electrons. The maximum atomic E-state index is 12.4. The molecule has 24 heavy (non-hydrogen) atoms. The van der Waals surface area contributed by atoms with Crippen LogP contribution in [0.5, 0.6) is 0 Å². The van der Waals surface area contributed by atoms with Crippen molar-refractivity contribution in [1.82, 2.24) is 5.32 Å². The van der Waals surface area contributed by atoms with Gasteiger partial charge in [-0.05, 0) is 23.8 Å². The summed E-state index contributed by atoms with van der Waals surface area (Å²) in [6.07, 6.45) is 0.174. The normalized spacial score (nSPS) is 10.9. The third-order valence-electron chi connectivity index (χ3n) is 3.20. The van der Waals surface area contributed by atoms with E-state index in [4.69, 9.17) is 0 Å². The second kappa shape index (κ2) is 7.09. The summed E-state index contributed by atoms with van der Waals surface area (Å²) >= 11 is 0. The van der Waals surface area contributed by atoms with Crippen LogP contribution >= 0.6 is 0 Å². The van der Waals surface area contributed by atoms with Crippen molar-refractivity contribution in [3.8, 4) is 0 Å². The maximum Gasteiger partial charge on any atom is 0.289 e. The Morgan fingerprint density at radius 1 is 1.12 bits per heavy atom. The SMILES string of the molecule is CNC(=O)Cc1ccc(NS(=O)(=O)c2ccccc2[N+](=O)[O-])cc1. The van der Waals surface area contributed by atoms with E-state index in [1.807, 2.05) is 0 Å². The molecule has 0 unspecified atom stereocenters. The van der Waals surface area contributed by atoms with E-state index in [-0.39, 0.29) is 18.0 Å². The van der Waals surface area contributed by atoms with Gasteiger partial charge in [-0.1, -0.05) is 24.3 Å². The molecule has 2 aromatic rings. The molecule has 0 saturated heterocycles. The molecule has 0 heterocycles. The molecule has 8 nitrogen and oxygen atoms in total. The van der Waals surface area contributed by atoms with Gasteiger partial charge in [-0.15, -0.1) is 0 Å². The van der Waals surface area contributed by atoms with Crippen LogP contribution in [0.25, 0.3) is 0 Å². The number of hydrogen-bond donors (Lipinski definition) is 2. The molecule has 0 spiro atoms. The molecule has 0 radical (unpaired) electrons. The number of nitrogens with one attached hydrogen (secondary N) is 2. The Bertz CT molecular complexity index is 863. The fraction of sp³-hybridized carbons (Fsp3) is 0.133. The summed E-state index contributed by atoms with van der Waals surface area (Å²) in [4.78, 5) is 21.1. The number of nitro benzene ring substituents is 1. The standard InChI is InChI=1S/C15H15N3O5S/c1-16-15(19)10-11-6-8-12(9-7-11)17-24(22,23)14-5-3-2-4-13(14)18(20)21/h2-9,17H,10H2,1H3,(H,16,19). The molecule has 1 amide bonds. The fourth-order valence-electron chi connectivity index (χ4n) is 2.01. The van der Waals surface area contributed by atoms with Gasteiger partial charge in [0.25, 0.3) is 15.7 Å². The predicted octanol–water partition coefficient (Wildman–Crippen LogP) is 1.68. The number of para-hydroxylation sites is 1. The average Bonchev–Trinajstić information content (AvgIpc) is 2.56. The number of likely N-dealkylation sites (N-methyl/N-ethyl adjacent to an activating group) is 1. The van der Waals surface area contributed by atoms with Crippen molar-refractivity contribution in [3.63, 3.8) is 0 Å². The second-order valence-electron chi connectivity index (χ2n) is 4.88. The fourth-order valence-corrected chi connectivity index (χ4v) is 3.24. The highest BCUT2D eigenvalue weighted by Gasteiger charge is 2.25. The summed E-state index contributed by atoms with van der Waals surface area (Å²) in [5, 5.41) is 13.5. The minimum atomic E-state index is -4.10. The highest BCUT2D eigenvalue weighted by molar-refractivity contribution is 7.92. The van der Waals surface area contributed by atoms with Crippen LogP contribution in [-0.4, -0.2) is 26.3 Å². The molecule has 0 fully saturated rings. The topological polar surface area (TPSA) is 118 Å². The van der Waals surface area contributed by atoms with E-state index in [1.165, 1.54) is 37.4 Å². The van der Waals surface area contributed by atoms with Crippen LogP contribution in [0.1, 0.15) is 5.56 Å². The van der Waals surface area contributed by atoms with Crippen molar-refractivity contribution in [2.75, 3.05) is 11.8 Å². The third kappa shape index (κ3) is 4.07. The number of hydrogen-bond acceptors (Lipinski definition) is 5. The van der Waals surface area contributed by atoms with Crippen LogP contribution < -0.4 is 10.0 Å². The van der Waals surface area contributed by atoms with E-state index in [0.29, 0.717) is 5.56 Å². The zero-order valence-electron chi connectivity index (χ0n) is 12.7. The quantitative estimate of drug-likeness (QED) is 0.607. The molecule has 0 aliphatic carbocycles. The smallest absolute Gasteiger partial charge is 0.289 e. The van der Waals surface area contributed by atoms with Crippen LogP contribution in [0.15, 0.2) is 53.4 Å². The molecule has 9 heteroatoms. The number of nitro groups is 1. The van der Waals surface area contributed by atoms with Crippen molar-refractivity contribution < 1.29 is 18.1 Å². The highest BCUT2D eigenvalue weighted by atomic mass is 32.2. The minimum absolute atomic E-state index is 0.164. The van der Waals surface area contributed by atoms with Gasteiger partial charge in [-0.3, -0.25) is 19.6 Å². The molecular weight excluding hydrogens is 334 g/mol. The Hall–Kier alpha value is -2.94. The zero-order chi connectivity index (χ0) is 17.7. The third-order valence-corrected chi connectivity index (χ3v) is 4.63. The summed E-state index contributed by atoms with van der Waals surface area (Å²) in [6.45, 7) is 0. The number of amides is 1. The van der Waals surface area contributed by atoms with E-state index >= 15 is 0 Å². The lowest BCUT2D eigenvalue weighted by molar-refractivity contribution is -0.387. The van der Waals surface area contributed by atoms with Crippen LogP contribution in [0.4, 0.5) is 11.4 Å². The number of nitrogens with zero attached hydrogens (tertiary/aromatic N) is 1.